The first-order valence-corrected chi connectivity index (χ1v) is 12.3. The monoisotopic (exact) mass is 530 g/mol. The first kappa shape index (κ1) is 31.9. The summed E-state index contributed by atoms with van der Waals surface area (Å²) in [5.41, 5.74) is 3.78. The third-order valence-corrected chi connectivity index (χ3v) is 5.45. The van der Waals surface area contributed by atoms with Gasteiger partial charge in [0.05, 0.1) is 11.4 Å². The van der Waals surface area contributed by atoms with Crippen LogP contribution in [0.2, 0.25) is 0 Å². The van der Waals surface area contributed by atoms with Gasteiger partial charge in [0.1, 0.15) is 24.7 Å². The highest BCUT2D eigenvalue weighted by Gasteiger charge is 2.17. The van der Waals surface area contributed by atoms with Gasteiger partial charge >= 0.3 is 6.03 Å². The molecule has 0 unspecified atom stereocenters. The van der Waals surface area contributed by atoms with Gasteiger partial charge in [0.25, 0.3) is 0 Å². The zero-order chi connectivity index (χ0) is 28.8. The Morgan fingerprint density at radius 1 is 1.18 bits per heavy atom. The molecule has 9 nitrogen and oxygen atoms in total. The summed E-state index contributed by atoms with van der Waals surface area (Å²) in [6.07, 6.45) is 5.87. The van der Waals surface area contributed by atoms with Gasteiger partial charge < -0.3 is 25.1 Å². The number of urea groups is 1. The molecule has 0 saturated heterocycles. The number of aryl methyl sites for hydroxylation is 1. The number of nitrogens with one attached hydrogen (secondary N) is 2. The largest absolute Gasteiger partial charge is 0.363 e. The predicted molar refractivity (Wildman–Crippen MR) is 154 cm³/mol. The van der Waals surface area contributed by atoms with Crippen molar-refractivity contribution in [1.82, 2.24) is 20.1 Å². The van der Waals surface area contributed by atoms with Crippen LogP contribution in [0.3, 0.4) is 0 Å². The lowest BCUT2D eigenvalue weighted by Crippen LogP contribution is -2.25. The van der Waals surface area contributed by atoms with Crippen molar-refractivity contribution in [1.29, 1.82) is 0 Å². The van der Waals surface area contributed by atoms with Gasteiger partial charge in [-0.15, -0.1) is 0 Å². The second-order valence-electron chi connectivity index (χ2n) is 9.16. The SMILES string of the molecule is C=O.CC(C)n1ccc(CCC=O)n1.CNC(=O)Nc1c(-c2ccnc(N(C)C)c2)cc(F)cc1C(C)C.[HH].[HH]. The van der Waals surface area contributed by atoms with Gasteiger partial charge in [0.15, 0.2) is 0 Å². The fourth-order valence-corrected chi connectivity index (χ4v) is 3.46. The van der Waals surface area contributed by atoms with Crippen molar-refractivity contribution in [2.75, 3.05) is 31.4 Å². The van der Waals surface area contributed by atoms with Crippen LogP contribution in [-0.2, 0) is 16.0 Å². The van der Waals surface area contributed by atoms with Crippen LogP contribution < -0.4 is 15.5 Å². The minimum absolute atomic E-state index is 0. The van der Waals surface area contributed by atoms with Crippen LogP contribution >= 0.6 is 0 Å². The predicted octanol–water partition coefficient (Wildman–Crippen LogP) is 5.73. The van der Waals surface area contributed by atoms with Crippen molar-refractivity contribution in [2.45, 2.75) is 52.5 Å². The molecule has 2 N–H and O–H groups in total. The van der Waals surface area contributed by atoms with Crippen LogP contribution in [0.15, 0.2) is 42.7 Å². The quantitative estimate of drug-likeness (QED) is 0.360. The number of carbonyl (C=O) groups excluding carboxylic acids is 3. The summed E-state index contributed by atoms with van der Waals surface area (Å²) >= 11 is 0. The van der Waals surface area contributed by atoms with E-state index >= 15 is 0 Å². The maximum atomic E-state index is 14.2. The number of carbonyl (C=O) groups is 3. The number of benzene rings is 1. The van der Waals surface area contributed by atoms with E-state index in [0.29, 0.717) is 23.7 Å². The fraction of sp³-hybridized carbons (Fsp3) is 0.393. The molecule has 3 rings (SSSR count). The molecular weight excluding hydrogens is 487 g/mol. The summed E-state index contributed by atoms with van der Waals surface area (Å²) in [5, 5.41) is 9.68. The van der Waals surface area contributed by atoms with Gasteiger partial charge in [-0.2, -0.15) is 5.10 Å². The molecule has 0 atom stereocenters. The molecule has 0 aliphatic carbocycles. The number of hydrogen-bond donors (Lipinski definition) is 2. The minimum Gasteiger partial charge on any atom is -0.363 e. The molecule has 0 bridgehead atoms. The van der Waals surface area contributed by atoms with Gasteiger partial charge in [-0.3, -0.25) is 4.68 Å². The first-order chi connectivity index (χ1) is 18.1. The van der Waals surface area contributed by atoms with Crippen molar-refractivity contribution >= 4 is 30.6 Å². The number of amides is 2. The number of pyridine rings is 1. The second-order valence-corrected chi connectivity index (χ2v) is 9.16. The van der Waals surface area contributed by atoms with Crippen LogP contribution in [0.5, 0.6) is 0 Å². The Hall–Kier alpha value is -4.08. The second kappa shape index (κ2) is 15.9. The summed E-state index contributed by atoms with van der Waals surface area (Å²) in [4.78, 5) is 36.1. The van der Waals surface area contributed by atoms with Gasteiger partial charge in [0, 0.05) is 54.4 Å². The molecule has 0 aliphatic rings. The zero-order valence-electron chi connectivity index (χ0n) is 23.3. The molecule has 2 aromatic heterocycles. The number of hydrogen-bond acceptors (Lipinski definition) is 6. The number of rotatable bonds is 8. The fourth-order valence-electron chi connectivity index (χ4n) is 3.46. The third kappa shape index (κ3) is 9.42. The Bertz CT molecular complexity index is 1190. The van der Waals surface area contributed by atoms with Crippen molar-refractivity contribution in [2.24, 2.45) is 0 Å². The van der Waals surface area contributed by atoms with Gasteiger partial charge in [-0.1, -0.05) is 13.8 Å². The molecule has 3 aromatic rings. The lowest BCUT2D eigenvalue weighted by Gasteiger charge is -2.19. The molecule has 0 saturated carbocycles. The Balaban J connectivity index is 0. The molecule has 0 aliphatic heterocycles. The van der Waals surface area contributed by atoms with E-state index in [2.05, 4.69) is 34.6 Å². The molecule has 1 aromatic carbocycles. The van der Waals surface area contributed by atoms with Crippen molar-refractivity contribution in [3.8, 4) is 11.1 Å². The molecule has 10 heteroatoms. The Kier molecular flexibility index (Phi) is 13.4. The standard InChI is InChI=1S/C18H23FN4O.C9H14N2O.CH2O.2H2/c1-11(2)14-9-13(19)10-15(17(14)22-18(24)20-3)12-6-7-21-16(8-12)23(4)5;1-8(2)11-6-5-9(10-11)4-3-7-12;1-2;;/h6-11H,1-5H3,(H2,20,22,24);5-8H,3-4H2,1-2H3;1H2;2*1H. The van der Waals surface area contributed by atoms with E-state index in [-0.39, 0.29) is 20.6 Å². The number of aldehydes is 1. The summed E-state index contributed by atoms with van der Waals surface area (Å²) in [7, 11) is 5.33. The van der Waals surface area contributed by atoms with E-state index in [9.17, 15) is 14.0 Å². The maximum Gasteiger partial charge on any atom is 0.319 e. The van der Waals surface area contributed by atoms with E-state index in [1.807, 2.05) is 62.6 Å². The van der Waals surface area contributed by atoms with Crippen molar-refractivity contribution in [3.63, 3.8) is 0 Å². The van der Waals surface area contributed by atoms with Crippen LogP contribution in [0.25, 0.3) is 11.1 Å². The molecule has 38 heavy (non-hydrogen) atoms. The van der Waals surface area contributed by atoms with E-state index in [1.165, 1.54) is 12.1 Å². The topological polar surface area (TPSA) is 109 Å². The van der Waals surface area contributed by atoms with Crippen LogP contribution in [0, 0.1) is 5.82 Å². The average Bonchev–Trinajstić information content (AvgIpc) is 3.39. The number of aromatic nitrogens is 3. The number of nitrogens with zero attached hydrogens (tertiary/aromatic N) is 4. The minimum atomic E-state index is -0.341. The van der Waals surface area contributed by atoms with E-state index < -0.39 is 0 Å². The zero-order valence-corrected chi connectivity index (χ0v) is 23.3. The summed E-state index contributed by atoms with van der Waals surface area (Å²) in [6, 6.07) is 8.60. The van der Waals surface area contributed by atoms with E-state index in [4.69, 9.17) is 4.79 Å². The smallest absolute Gasteiger partial charge is 0.319 e. The number of halogens is 1. The number of anilines is 2. The highest BCUT2D eigenvalue weighted by atomic mass is 19.1. The Labute approximate surface area is 227 Å². The van der Waals surface area contributed by atoms with Crippen LogP contribution in [0.4, 0.5) is 20.7 Å². The van der Waals surface area contributed by atoms with Crippen LogP contribution in [0.1, 0.15) is 60.2 Å². The Morgan fingerprint density at radius 3 is 2.39 bits per heavy atom. The van der Waals surface area contributed by atoms with Gasteiger partial charge in [-0.25, -0.2) is 14.2 Å². The van der Waals surface area contributed by atoms with Crippen molar-refractivity contribution in [3.05, 3.63) is 59.8 Å². The van der Waals surface area contributed by atoms with Crippen LogP contribution in [-0.4, -0.2) is 55.0 Å². The molecular formula is C28H43FN6O3. The highest BCUT2D eigenvalue weighted by Crippen LogP contribution is 2.36. The normalized spacial score (nSPS) is 10.2. The molecule has 0 fully saturated rings. The molecule has 2 amide bonds. The maximum absolute atomic E-state index is 14.2. The van der Waals surface area contributed by atoms with Crippen molar-refractivity contribution < 1.29 is 21.6 Å². The van der Waals surface area contributed by atoms with E-state index in [1.54, 1.807) is 19.3 Å². The van der Waals surface area contributed by atoms with Gasteiger partial charge in [-0.05, 0) is 67.6 Å². The lowest BCUT2D eigenvalue weighted by molar-refractivity contribution is -0.107. The third-order valence-electron chi connectivity index (χ3n) is 5.45. The summed E-state index contributed by atoms with van der Waals surface area (Å²) in [5.74, 6) is 0.481. The molecule has 210 valence electrons. The van der Waals surface area contributed by atoms with Gasteiger partial charge in [0.2, 0.25) is 0 Å². The van der Waals surface area contributed by atoms with E-state index in [0.717, 1.165) is 35.3 Å². The first-order valence-electron chi connectivity index (χ1n) is 12.3. The molecule has 0 radical (unpaired) electrons. The lowest BCUT2D eigenvalue weighted by atomic mass is 9.94. The average molecular weight is 531 g/mol. The highest BCUT2D eigenvalue weighted by molar-refractivity contribution is 5.96. The Morgan fingerprint density at radius 2 is 1.87 bits per heavy atom. The molecule has 2 heterocycles. The summed E-state index contributed by atoms with van der Waals surface area (Å²) in [6.45, 7) is 10.1. The summed E-state index contributed by atoms with van der Waals surface area (Å²) < 4.78 is 16.1. The molecule has 0 spiro atoms.